The Morgan fingerprint density at radius 2 is 2.15 bits per heavy atom. The van der Waals surface area contributed by atoms with Gasteiger partial charge in [-0.15, -0.1) is 10.2 Å². The monoisotopic (exact) mass is 427 g/mol. The average Bonchev–Trinajstić information content (AvgIpc) is 3.12. The number of anilines is 1. The molecule has 0 unspecified atom stereocenters. The molecule has 2 aromatic heterocycles. The summed E-state index contributed by atoms with van der Waals surface area (Å²) in [5.41, 5.74) is 1.71. The Kier molecular flexibility index (Phi) is 6.32. The van der Waals surface area contributed by atoms with Crippen LogP contribution in [0.4, 0.5) is 5.82 Å². The van der Waals surface area contributed by atoms with Crippen LogP contribution in [0.1, 0.15) is 5.56 Å². The molecule has 0 aliphatic carbocycles. The van der Waals surface area contributed by atoms with Gasteiger partial charge in [-0.3, -0.25) is 4.79 Å². The molecule has 0 spiro atoms. The number of carbonyl (C=O) groups is 1. The summed E-state index contributed by atoms with van der Waals surface area (Å²) in [6.07, 6.45) is 6.16. The van der Waals surface area contributed by atoms with Crippen LogP contribution >= 0.6 is 15.9 Å². The van der Waals surface area contributed by atoms with E-state index >= 15 is 0 Å². The fourth-order valence-corrected chi connectivity index (χ4v) is 2.93. The highest BCUT2D eigenvalue weighted by Gasteiger charge is 2.08. The lowest BCUT2D eigenvalue weighted by molar-refractivity contribution is -0.105. The van der Waals surface area contributed by atoms with Crippen molar-refractivity contribution >= 4 is 28.2 Å². The number of pyridine rings is 1. The third-order valence-electron chi connectivity index (χ3n) is 3.74. The maximum absolute atomic E-state index is 10.6. The number of nitrogens with zero attached hydrogens (tertiary/aromatic N) is 4. The van der Waals surface area contributed by atoms with Crippen LogP contribution < -0.4 is 10.1 Å². The number of halogens is 1. The molecule has 3 aromatic rings. The van der Waals surface area contributed by atoms with Crippen molar-refractivity contribution in [2.75, 3.05) is 11.9 Å². The zero-order valence-electron chi connectivity index (χ0n) is 14.7. The minimum atomic E-state index is 0.464. The second-order valence-corrected chi connectivity index (χ2v) is 6.59. The first-order valence-corrected chi connectivity index (χ1v) is 9.06. The Hall–Kier alpha value is -3.00. The molecular weight excluding hydrogens is 410 g/mol. The quantitative estimate of drug-likeness (QED) is 0.438. The van der Waals surface area contributed by atoms with E-state index in [2.05, 4.69) is 36.4 Å². The zero-order chi connectivity index (χ0) is 19.1. The van der Waals surface area contributed by atoms with Crippen LogP contribution in [0.5, 0.6) is 5.75 Å². The molecule has 27 heavy (non-hydrogen) atoms. The molecule has 0 atom stereocenters. The molecule has 7 nitrogen and oxygen atoms in total. The topological polar surface area (TPSA) is 81.9 Å². The van der Waals surface area contributed by atoms with E-state index < -0.39 is 0 Å². The zero-order valence-corrected chi connectivity index (χ0v) is 16.3. The van der Waals surface area contributed by atoms with Gasteiger partial charge in [0.05, 0.1) is 0 Å². The molecule has 2 heterocycles. The molecule has 1 aromatic carbocycles. The first-order valence-electron chi connectivity index (χ1n) is 8.27. The van der Waals surface area contributed by atoms with Crippen molar-refractivity contribution in [1.29, 1.82) is 0 Å². The smallest absolute Gasteiger partial charge is 0.212 e. The van der Waals surface area contributed by atoms with Gasteiger partial charge in [-0.2, -0.15) is 0 Å². The van der Waals surface area contributed by atoms with Gasteiger partial charge in [-0.05, 0) is 48.9 Å². The van der Waals surface area contributed by atoms with Gasteiger partial charge in [-0.25, -0.2) is 4.98 Å². The summed E-state index contributed by atoms with van der Waals surface area (Å²) in [5.74, 6) is 1.95. The Labute approximate surface area is 165 Å². The summed E-state index contributed by atoms with van der Waals surface area (Å²) in [6, 6.07) is 11.2. The van der Waals surface area contributed by atoms with Gasteiger partial charge in [0, 0.05) is 11.0 Å². The molecule has 8 heteroatoms. The molecule has 0 bridgehead atoms. The van der Waals surface area contributed by atoms with Crippen molar-refractivity contribution < 1.29 is 9.53 Å². The fraction of sp³-hybridized carbons (Fsp3) is 0.158. The number of hydrogen-bond donors (Lipinski definition) is 1. The van der Waals surface area contributed by atoms with Gasteiger partial charge in [-0.1, -0.05) is 28.1 Å². The lowest BCUT2D eigenvalue weighted by atomic mass is 10.2. The van der Waals surface area contributed by atoms with E-state index in [1.807, 2.05) is 47.9 Å². The van der Waals surface area contributed by atoms with E-state index in [1.165, 1.54) is 0 Å². The number of nitrogens with one attached hydrogen (secondary N) is 1. The van der Waals surface area contributed by atoms with Crippen molar-refractivity contribution in [3.63, 3.8) is 0 Å². The van der Waals surface area contributed by atoms with Crippen LogP contribution in [-0.2, 0) is 11.3 Å². The number of aromatic nitrogens is 4. The second-order valence-electron chi connectivity index (χ2n) is 5.67. The van der Waals surface area contributed by atoms with Crippen LogP contribution in [0.2, 0.25) is 0 Å². The normalized spacial score (nSPS) is 10.9. The molecule has 0 fully saturated rings. The van der Waals surface area contributed by atoms with E-state index in [0.29, 0.717) is 36.9 Å². The highest BCUT2D eigenvalue weighted by molar-refractivity contribution is 9.10. The third-order valence-corrected chi connectivity index (χ3v) is 4.23. The molecule has 0 aliphatic rings. The van der Waals surface area contributed by atoms with Gasteiger partial charge in [0.15, 0.2) is 5.82 Å². The lowest BCUT2D eigenvalue weighted by Crippen LogP contribution is -2.02. The van der Waals surface area contributed by atoms with Gasteiger partial charge in [0.25, 0.3) is 0 Å². The molecule has 0 saturated heterocycles. The van der Waals surface area contributed by atoms with Crippen molar-refractivity contribution in [1.82, 2.24) is 19.7 Å². The summed E-state index contributed by atoms with van der Waals surface area (Å²) in [4.78, 5) is 14.9. The van der Waals surface area contributed by atoms with E-state index in [1.54, 1.807) is 18.5 Å². The van der Waals surface area contributed by atoms with Crippen molar-refractivity contribution in [2.45, 2.75) is 13.5 Å². The third kappa shape index (κ3) is 5.01. The van der Waals surface area contributed by atoms with Crippen LogP contribution in [0.3, 0.4) is 0 Å². The average molecular weight is 428 g/mol. The fourth-order valence-electron chi connectivity index (χ4n) is 2.46. The van der Waals surface area contributed by atoms with Crippen LogP contribution in [0.15, 0.2) is 59.4 Å². The molecule has 1 N–H and O–H groups in total. The Balaban J connectivity index is 1.61. The number of rotatable bonds is 8. The number of ether oxygens (including phenoxy) is 1. The number of aryl methyl sites for hydroxylation is 1. The SMILES string of the molecule is Cc1cc(Br)ccc1OC/C=C\Cn1cnnc1-c1cccc(NC=O)n1. The van der Waals surface area contributed by atoms with E-state index in [0.717, 1.165) is 15.8 Å². The van der Waals surface area contributed by atoms with Crippen LogP contribution in [0, 0.1) is 6.92 Å². The van der Waals surface area contributed by atoms with Gasteiger partial charge >= 0.3 is 0 Å². The highest BCUT2D eigenvalue weighted by Crippen LogP contribution is 2.22. The first-order chi connectivity index (χ1) is 13.2. The number of hydrogen-bond acceptors (Lipinski definition) is 5. The number of carbonyl (C=O) groups excluding carboxylic acids is 1. The van der Waals surface area contributed by atoms with Gasteiger partial charge in [0.2, 0.25) is 6.41 Å². The molecule has 0 radical (unpaired) electrons. The van der Waals surface area contributed by atoms with Crippen molar-refractivity contribution in [3.05, 3.63) is 64.9 Å². The minimum Gasteiger partial charge on any atom is -0.489 e. The summed E-state index contributed by atoms with van der Waals surface area (Å²) >= 11 is 3.44. The van der Waals surface area contributed by atoms with Crippen molar-refractivity contribution in [2.24, 2.45) is 0 Å². The van der Waals surface area contributed by atoms with Crippen molar-refractivity contribution in [3.8, 4) is 17.3 Å². The molecular formula is C19H18BrN5O2. The standard InChI is InChI=1S/C19H18BrN5O2/c1-14-11-15(20)7-8-17(14)27-10-3-2-9-25-12-22-24-19(25)16-5-4-6-18(23-16)21-13-26/h2-8,11-13H,9-10H2,1H3,(H,21,23,26)/b3-2-. The first kappa shape index (κ1) is 18.8. The molecule has 0 aliphatic heterocycles. The Morgan fingerprint density at radius 3 is 2.96 bits per heavy atom. The van der Waals surface area contributed by atoms with Crippen LogP contribution in [0.25, 0.3) is 11.5 Å². The molecule has 138 valence electrons. The predicted molar refractivity (Wildman–Crippen MR) is 106 cm³/mol. The number of benzene rings is 1. The minimum absolute atomic E-state index is 0.464. The van der Waals surface area contributed by atoms with Crippen LogP contribution in [-0.4, -0.2) is 32.8 Å². The summed E-state index contributed by atoms with van der Waals surface area (Å²) in [5, 5.41) is 10.6. The summed E-state index contributed by atoms with van der Waals surface area (Å²) in [6.45, 7) is 3.06. The molecule has 0 saturated carbocycles. The Bertz CT molecular complexity index is 955. The van der Waals surface area contributed by atoms with Gasteiger partial charge < -0.3 is 14.6 Å². The summed E-state index contributed by atoms with van der Waals surface area (Å²) < 4.78 is 8.67. The van der Waals surface area contributed by atoms with Gasteiger partial charge in [0.1, 0.15) is 30.2 Å². The number of allylic oxidation sites excluding steroid dienone is 1. The highest BCUT2D eigenvalue weighted by atomic mass is 79.9. The number of amides is 1. The Morgan fingerprint density at radius 1 is 1.26 bits per heavy atom. The van der Waals surface area contributed by atoms with E-state index in [-0.39, 0.29) is 0 Å². The predicted octanol–water partition coefficient (Wildman–Crippen LogP) is 3.61. The maximum atomic E-state index is 10.6. The molecule has 3 rings (SSSR count). The maximum Gasteiger partial charge on any atom is 0.212 e. The van der Waals surface area contributed by atoms with E-state index in [4.69, 9.17) is 4.74 Å². The largest absolute Gasteiger partial charge is 0.489 e. The molecule has 1 amide bonds. The van der Waals surface area contributed by atoms with E-state index in [9.17, 15) is 4.79 Å². The summed E-state index contributed by atoms with van der Waals surface area (Å²) in [7, 11) is 0. The lowest BCUT2D eigenvalue weighted by Gasteiger charge is -2.07. The second kappa shape index (κ2) is 9.09.